The Labute approximate surface area is 135 Å². The molecule has 1 aliphatic rings. The average molecular weight is 324 g/mol. The molecule has 0 saturated carbocycles. The van der Waals surface area contributed by atoms with Crippen LogP contribution in [0.5, 0.6) is 0 Å². The molecule has 1 saturated heterocycles. The van der Waals surface area contributed by atoms with Crippen LogP contribution in [0.3, 0.4) is 0 Å². The summed E-state index contributed by atoms with van der Waals surface area (Å²) in [7, 11) is 0. The van der Waals surface area contributed by atoms with Gasteiger partial charge in [-0.25, -0.2) is 4.79 Å². The number of ketones is 1. The Morgan fingerprint density at radius 1 is 1.36 bits per heavy atom. The van der Waals surface area contributed by atoms with Crippen molar-refractivity contribution in [2.45, 2.75) is 39.3 Å². The molecule has 1 fully saturated rings. The van der Waals surface area contributed by atoms with Crippen LogP contribution in [0.2, 0.25) is 0 Å². The molecule has 22 heavy (non-hydrogen) atoms. The molecule has 0 bridgehead atoms. The maximum absolute atomic E-state index is 12.2. The summed E-state index contributed by atoms with van der Waals surface area (Å²) >= 11 is 1.47. The average Bonchev–Trinajstić information content (AvgIpc) is 2.90. The van der Waals surface area contributed by atoms with E-state index in [1.165, 1.54) is 11.3 Å². The Morgan fingerprint density at radius 2 is 2.09 bits per heavy atom. The predicted octanol–water partition coefficient (Wildman–Crippen LogP) is 2.87. The first-order valence-electron chi connectivity index (χ1n) is 7.55. The van der Waals surface area contributed by atoms with Gasteiger partial charge in [-0.05, 0) is 39.1 Å². The molecule has 5 nitrogen and oxygen atoms in total. The molecule has 2 rings (SSSR count). The number of thiophene rings is 1. The smallest absolute Gasteiger partial charge is 0.410 e. The highest BCUT2D eigenvalue weighted by Gasteiger charge is 2.31. The van der Waals surface area contributed by atoms with Gasteiger partial charge in [0.25, 0.3) is 0 Å². The van der Waals surface area contributed by atoms with Gasteiger partial charge in [-0.15, -0.1) is 11.3 Å². The second-order valence-corrected chi connectivity index (χ2v) is 7.61. The first-order chi connectivity index (χ1) is 10.3. The molecule has 6 heteroatoms. The lowest BCUT2D eigenvalue weighted by molar-refractivity contribution is 0.00222. The summed E-state index contributed by atoms with van der Waals surface area (Å²) in [4.78, 5) is 29.0. The third kappa shape index (κ3) is 4.55. The fourth-order valence-corrected chi connectivity index (χ4v) is 3.14. The lowest BCUT2D eigenvalue weighted by atomic mass is 10.1. The Hall–Kier alpha value is -1.40. The first kappa shape index (κ1) is 17.0. The van der Waals surface area contributed by atoms with E-state index in [0.717, 1.165) is 4.88 Å². The van der Waals surface area contributed by atoms with Gasteiger partial charge >= 0.3 is 6.09 Å². The summed E-state index contributed by atoms with van der Waals surface area (Å²) in [5.74, 6) is 0.146. The largest absolute Gasteiger partial charge is 0.444 e. The topological polar surface area (TPSA) is 49.9 Å². The molecule has 0 N–H and O–H groups in total. The van der Waals surface area contributed by atoms with Gasteiger partial charge in [0, 0.05) is 25.7 Å². The second kappa shape index (κ2) is 6.79. The fourth-order valence-electron chi connectivity index (χ4n) is 2.49. The van der Waals surface area contributed by atoms with Crippen molar-refractivity contribution in [3.05, 3.63) is 22.4 Å². The monoisotopic (exact) mass is 324 g/mol. The molecular formula is C16H24N2O3S. The molecule has 0 radical (unpaired) electrons. The minimum Gasteiger partial charge on any atom is -0.444 e. The quantitative estimate of drug-likeness (QED) is 0.802. The number of Topliss-reactive ketones (excluding diaryl/α,β-unsaturated/α-hetero) is 1. The summed E-state index contributed by atoms with van der Waals surface area (Å²) in [6, 6.07) is 3.79. The van der Waals surface area contributed by atoms with Crippen LogP contribution in [-0.2, 0) is 4.74 Å². The highest BCUT2D eigenvalue weighted by molar-refractivity contribution is 7.12. The Bertz CT molecular complexity index is 522. The molecule has 1 atom stereocenters. The standard InChI is InChI=1S/C16H24N2O3S/c1-12-10-17(11-13(19)14-6-5-9-22-14)7-8-18(12)15(20)21-16(2,3)4/h5-6,9,12H,7-8,10-11H2,1-4H3/t12-/m1/s1. The summed E-state index contributed by atoms with van der Waals surface area (Å²) in [5, 5.41) is 1.91. The van der Waals surface area contributed by atoms with Crippen molar-refractivity contribution in [2.24, 2.45) is 0 Å². The molecular weight excluding hydrogens is 300 g/mol. The second-order valence-electron chi connectivity index (χ2n) is 6.66. The van der Waals surface area contributed by atoms with Gasteiger partial charge in [-0.3, -0.25) is 9.69 Å². The van der Waals surface area contributed by atoms with Crippen molar-refractivity contribution in [3.63, 3.8) is 0 Å². The van der Waals surface area contributed by atoms with E-state index in [-0.39, 0.29) is 17.9 Å². The van der Waals surface area contributed by atoms with Gasteiger partial charge in [0.15, 0.2) is 5.78 Å². The Morgan fingerprint density at radius 3 is 2.64 bits per heavy atom. The predicted molar refractivity (Wildman–Crippen MR) is 87.5 cm³/mol. The van der Waals surface area contributed by atoms with E-state index >= 15 is 0 Å². The van der Waals surface area contributed by atoms with Crippen LogP contribution in [0.4, 0.5) is 4.79 Å². The fraction of sp³-hybridized carbons (Fsp3) is 0.625. The summed E-state index contributed by atoms with van der Waals surface area (Å²) in [5.41, 5.74) is -0.483. The third-order valence-corrected chi connectivity index (χ3v) is 4.41. The first-order valence-corrected chi connectivity index (χ1v) is 8.43. The van der Waals surface area contributed by atoms with Crippen molar-refractivity contribution in [1.29, 1.82) is 0 Å². The molecule has 0 aliphatic carbocycles. The highest BCUT2D eigenvalue weighted by Crippen LogP contribution is 2.17. The van der Waals surface area contributed by atoms with E-state index in [2.05, 4.69) is 4.90 Å². The van der Waals surface area contributed by atoms with Crippen LogP contribution in [0.1, 0.15) is 37.4 Å². The Kier molecular flexibility index (Phi) is 5.24. The van der Waals surface area contributed by atoms with Gasteiger partial charge < -0.3 is 9.64 Å². The molecule has 0 aromatic carbocycles. The molecule has 1 amide bonds. The number of hydrogen-bond donors (Lipinski definition) is 0. The maximum atomic E-state index is 12.2. The van der Waals surface area contributed by atoms with Gasteiger partial charge in [0.2, 0.25) is 0 Å². The molecule has 0 spiro atoms. The molecule has 0 unspecified atom stereocenters. The lowest BCUT2D eigenvalue weighted by Crippen LogP contribution is -2.55. The molecule has 1 aromatic rings. The van der Waals surface area contributed by atoms with Crippen LogP contribution < -0.4 is 0 Å². The van der Waals surface area contributed by atoms with Crippen molar-refractivity contribution < 1.29 is 14.3 Å². The van der Waals surface area contributed by atoms with E-state index in [1.807, 2.05) is 45.2 Å². The van der Waals surface area contributed by atoms with Crippen molar-refractivity contribution in [1.82, 2.24) is 9.80 Å². The van der Waals surface area contributed by atoms with Gasteiger partial charge in [0.05, 0.1) is 11.4 Å². The summed E-state index contributed by atoms with van der Waals surface area (Å²) in [6.07, 6.45) is -0.274. The van der Waals surface area contributed by atoms with E-state index < -0.39 is 5.60 Å². The van der Waals surface area contributed by atoms with Crippen molar-refractivity contribution in [2.75, 3.05) is 26.2 Å². The number of rotatable bonds is 3. The third-order valence-electron chi connectivity index (χ3n) is 3.50. The minimum absolute atomic E-state index is 0.0414. The van der Waals surface area contributed by atoms with Gasteiger partial charge in [-0.1, -0.05) is 6.07 Å². The normalized spacial score (nSPS) is 20.0. The van der Waals surface area contributed by atoms with E-state index in [4.69, 9.17) is 4.74 Å². The number of amides is 1. The van der Waals surface area contributed by atoms with Crippen LogP contribution >= 0.6 is 11.3 Å². The molecule has 1 aromatic heterocycles. The molecule has 2 heterocycles. The number of nitrogens with zero attached hydrogens (tertiary/aromatic N) is 2. The zero-order valence-corrected chi connectivity index (χ0v) is 14.5. The Balaban J connectivity index is 1.87. The van der Waals surface area contributed by atoms with Crippen LogP contribution in [0.15, 0.2) is 17.5 Å². The van der Waals surface area contributed by atoms with Crippen LogP contribution in [0, 0.1) is 0 Å². The number of ether oxygens (including phenoxy) is 1. The van der Waals surface area contributed by atoms with Crippen molar-refractivity contribution >= 4 is 23.2 Å². The van der Waals surface area contributed by atoms with Crippen LogP contribution in [-0.4, -0.2) is 59.5 Å². The minimum atomic E-state index is -0.483. The highest BCUT2D eigenvalue weighted by atomic mass is 32.1. The van der Waals surface area contributed by atoms with Crippen LogP contribution in [0.25, 0.3) is 0 Å². The van der Waals surface area contributed by atoms with Gasteiger partial charge in [0.1, 0.15) is 5.60 Å². The zero-order chi connectivity index (χ0) is 16.3. The number of carbonyl (C=O) groups is 2. The number of piperazine rings is 1. The lowest BCUT2D eigenvalue weighted by Gasteiger charge is -2.39. The summed E-state index contributed by atoms with van der Waals surface area (Å²) < 4.78 is 5.43. The van der Waals surface area contributed by atoms with Crippen molar-refractivity contribution in [3.8, 4) is 0 Å². The SMILES string of the molecule is C[C@@H]1CN(CC(=O)c2cccs2)CCN1C(=O)OC(C)(C)C. The van der Waals surface area contributed by atoms with E-state index in [1.54, 1.807) is 4.90 Å². The number of carbonyl (C=O) groups excluding carboxylic acids is 2. The molecule has 122 valence electrons. The molecule has 1 aliphatic heterocycles. The summed E-state index contributed by atoms with van der Waals surface area (Å²) in [6.45, 7) is 9.98. The van der Waals surface area contributed by atoms with Gasteiger partial charge in [-0.2, -0.15) is 0 Å². The zero-order valence-electron chi connectivity index (χ0n) is 13.7. The number of hydrogen-bond acceptors (Lipinski definition) is 5. The van der Waals surface area contributed by atoms with E-state index in [9.17, 15) is 9.59 Å². The van der Waals surface area contributed by atoms with E-state index in [0.29, 0.717) is 26.2 Å². The maximum Gasteiger partial charge on any atom is 0.410 e.